The van der Waals surface area contributed by atoms with Gasteiger partial charge in [0.05, 0.1) is 12.6 Å². The largest absolute Gasteiger partial charge is 0.394 e. The molecule has 0 aromatic heterocycles. The molecule has 1 aliphatic heterocycles. The van der Waals surface area contributed by atoms with Gasteiger partial charge in [-0.3, -0.25) is 0 Å². The molecule has 1 saturated heterocycles. The van der Waals surface area contributed by atoms with Crippen LogP contribution in [0.25, 0.3) is 0 Å². The standard InChI is InChI=1S/C17H27N3O2/c1-13(2)10-15(12-21)19-17(22)18-14-8-9-20(11-14)16-6-4-3-5-7-16/h3-7,13-15,21H,8-12H2,1-2H3,(H2,18,19,22)/t14-,15+/m1/s1. The lowest BCUT2D eigenvalue weighted by Crippen LogP contribution is -2.48. The first-order chi connectivity index (χ1) is 10.6. The summed E-state index contributed by atoms with van der Waals surface area (Å²) < 4.78 is 0. The third kappa shape index (κ3) is 4.91. The van der Waals surface area contributed by atoms with E-state index in [1.807, 2.05) is 18.2 Å². The van der Waals surface area contributed by atoms with Crippen molar-refractivity contribution in [3.63, 3.8) is 0 Å². The SMILES string of the molecule is CC(C)C[C@@H](CO)NC(=O)N[C@@H]1CCN(c2ccccc2)C1. The van der Waals surface area contributed by atoms with E-state index < -0.39 is 0 Å². The zero-order chi connectivity index (χ0) is 15.9. The second-order valence-corrected chi connectivity index (χ2v) is 6.39. The molecule has 2 atom stereocenters. The van der Waals surface area contributed by atoms with Gasteiger partial charge in [0.1, 0.15) is 0 Å². The lowest BCUT2D eigenvalue weighted by molar-refractivity contribution is 0.205. The van der Waals surface area contributed by atoms with E-state index >= 15 is 0 Å². The molecule has 1 aromatic carbocycles. The maximum atomic E-state index is 12.0. The zero-order valence-corrected chi connectivity index (χ0v) is 13.5. The summed E-state index contributed by atoms with van der Waals surface area (Å²) in [5.74, 6) is 0.442. The molecule has 5 heteroatoms. The minimum atomic E-state index is -0.181. The maximum Gasteiger partial charge on any atom is 0.315 e. The molecule has 1 heterocycles. The molecule has 0 bridgehead atoms. The van der Waals surface area contributed by atoms with Crippen LogP contribution in [-0.4, -0.2) is 42.9 Å². The summed E-state index contributed by atoms with van der Waals surface area (Å²) in [4.78, 5) is 14.3. The zero-order valence-electron chi connectivity index (χ0n) is 13.5. The van der Waals surface area contributed by atoms with Crippen LogP contribution in [0.15, 0.2) is 30.3 Å². The topological polar surface area (TPSA) is 64.6 Å². The normalized spacial score (nSPS) is 19.3. The molecule has 0 saturated carbocycles. The Labute approximate surface area is 132 Å². The number of benzene rings is 1. The van der Waals surface area contributed by atoms with Crippen molar-refractivity contribution >= 4 is 11.7 Å². The summed E-state index contributed by atoms with van der Waals surface area (Å²) in [5, 5.41) is 15.2. The Morgan fingerprint density at radius 2 is 2.09 bits per heavy atom. The second kappa shape index (κ2) is 8.03. The number of nitrogens with one attached hydrogen (secondary N) is 2. The molecule has 3 N–H and O–H groups in total. The minimum absolute atomic E-state index is 0.0214. The molecule has 0 radical (unpaired) electrons. The number of rotatable bonds is 6. The Hall–Kier alpha value is -1.75. The fraction of sp³-hybridized carbons (Fsp3) is 0.588. The van der Waals surface area contributed by atoms with Gasteiger partial charge in [0.15, 0.2) is 0 Å². The summed E-state index contributed by atoms with van der Waals surface area (Å²) in [7, 11) is 0. The minimum Gasteiger partial charge on any atom is -0.394 e. The number of urea groups is 1. The highest BCUT2D eigenvalue weighted by atomic mass is 16.3. The molecule has 2 rings (SSSR count). The van der Waals surface area contributed by atoms with Gasteiger partial charge in [-0.05, 0) is 30.9 Å². The van der Waals surface area contributed by atoms with Gasteiger partial charge in [0.25, 0.3) is 0 Å². The molecule has 0 aliphatic carbocycles. The smallest absolute Gasteiger partial charge is 0.315 e. The number of aliphatic hydroxyl groups excluding tert-OH is 1. The van der Waals surface area contributed by atoms with Crippen LogP contribution < -0.4 is 15.5 Å². The van der Waals surface area contributed by atoms with E-state index in [9.17, 15) is 9.90 Å². The van der Waals surface area contributed by atoms with Crippen LogP contribution in [0.2, 0.25) is 0 Å². The molecule has 1 fully saturated rings. The summed E-state index contributed by atoms with van der Waals surface area (Å²) >= 11 is 0. The monoisotopic (exact) mass is 305 g/mol. The van der Waals surface area contributed by atoms with Crippen molar-refractivity contribution in [3.8, 4) is 0 Å². The van der Waals surface area contributed by atoms with E-state index in [0.717, 1.165) is 25.9 Å². The van der Waals surface area contributed by atoms with E-state index in [-0.39, 0.29) is 24.7 Å². The number of carbonyl (C=O) groups excluding carboxylic acids is 1. The maximum absolute atomic E-state index is 12.0. The molecule has 22 heavy (non-hydrogen) atoms. The van der Waals surface area contributed by atoms with Gasteiger partial charge in [-0.2, -0.15) is 0 Å². The summed E-state index contributed by atoms with van der Waals surface area (Å²) in [5.41, 5.74) is 1.19. The molecule has 1 aromatic rings. The Morgan fingerprint density at radius 3 is 2.73 bits per heavy atom. The molecule has 2 amide bonds. The third-order valence-corrected chi connectivity index (χ3v) is 3.96. The van der Waals surface area contributed by atoms with Gasteiger partial charge < -0.3 is 20.6 Å². The lowest BCUT2D eigenvalue weighted by Gasteiger charge is -2.21. The second-order valence-electron chi connectivity index (χ2n) is 6.39. The Morgan fingerprint density at radius 1 is 1.36 bits per heavy atom. The molecule has 0 unspecified atom stereocenters. The van der Waals surface area contributed by atoms with E-state index in [0.29, 0.717) is 5.92 Å². The van der Waals surface area contributed by atoms with E-state index in [1.54, 1.807) is 0 Å². The highest BCUT2D eigenvalue weighted by Gasteiger charge is 2.24. The fourth-order valence-electron chi connectivity index (χ4n) is 2.91. The fourth-order valence-corrected chi connectivity index (χ4v) is 2.91. The van der Waals surface area contributed by atoms with Crippen LogP contribution in [0.5, 0.6) is 0 Å². The van der Waals surface area contributed by atoms with Crippen molar-refractivity contribution in [1.29, 1.82) is 0 Å². The number of aliphatic hydroxyl groups is 1. The van der Waals surface area contributed by atoms with Gasteiger partial charge in [0, 0.05) is 24.8 Å². The van der Waals surface area contributed by atoms with Crippen molar-refractivity contribution in [2.24, 2.45) is 5.92 Å². The van der Waals surface area contributed by atoms with Gasteiger partial charge >= 0.3 is 6.03 Å². The molecular weight excluding hydrogens is 278 g/mol. The van der Waals surface area contributed by atoms with Crippen LogP contribution in [0.3, 0.4) is 0 Å². The van der Waals surface area contributed by atoms with Crippen molar-refractivity contribution in [1.82, 2.24) is 10.6 Å². The van der Waals surface area contributed by atoms with Crippen molar-refractivity contribution in [2.45, 2.75) is 38.8 Å². The van der Waals surface area contributed by atoms with Crippen molar-refractivity contribution in [2.75, 3.05) is 24.6 Å². The Balaban J connectivity index is 1.78. The molecule has 122 valence electrons. The van der Waals surface area contributed by atoms with Crippen LogP contribution in [-0.2, 0) is 0 Å². The van der Waals surface area contributed by atoms with Crippen LogP contribution in [0.1, 0.15) is 26.7 Å². The summed E-state index contributed by atoms with van der Waals surface area (Å²) in [6, 6.07) is 10.0. The number of hydrogen-bond donors (Lipinski definition) is 3. The molecule has 5 nitrogen and oxygen atoms in total. The van der Waals surface area contributed by atoms with Crippen molar-refractivity contribution in [3.05, 3.63) is 30.3 Å². The number of hydrogen-bond acceptors (Lipinski definition) is 3. The van der Waals surface area contributed by atoms with Crippen LogP contribution >= 0.6 is 0 Å². The predicted octanol–water partition coefficient (Wildman–Crippen LogP) is 1.97. The van der Waals surface area contributed by atoms with E-state index in [1.165, 1.54) is 5.69 Å². The number of para-hydroxylation sites is 1. The summed E-state index contributed by atoms with van der Waals surface area (Å²) in [6.45, 7) is 5.91. The highest BCUT2D eigenvalue weighted by Crippen LogP contribution is 2.19. The number of nitrogens with zero attached hydrogens (tertiary/aromatic N) is 1. The van der Waals surface area contributed by atoms with Gasteiger partial charge in [-0.25, -0.2) is 4.79 Å². The highest BCUT2D eigenvalue weighted by molar-refractivity contribution is 5.74. The van der Waals surface area contributed by atoms with Crippen molar-refractivity contribution < 1.29 is 9.90 Å². The average Bonchev–Trinajstić information content (AvgIpc) is 2.95. The van der Waals surface area contributed by atoms with Gasteiger partial charge in [-0.15, -0.1) is 0 Å². The molecular formula is C17H27N3O2. The third-order valence-electron chi connectivity index (χ3n) is 3.96. The van der Waals surface area contributed by atoms with Gasteiger partial charge in [0.2, 0.25) is 0 Å². The number of amides is 2. The Bertz CT molecular complexity index is 464. The first-order valence-corrected chi connectivity index (χ1v) is 8.06. The predicted molar refractivity (Wildman–Crippen MR) is 89.1 cm³/mol. The molecule has 1 aliphatic rings. The average molecular weight is 305 g/mol. The molecule has 0 spiro atoms. The summed E-state index contributed by atoms with van der Waals surface area (Å²) in [6.07, 6.45) is 1.72. The lowest BCUT2D eigenvalue weighted by atomic mass is 10.0. The van der Waals surface area contributed by atoms with E-state index in [4.69, 9.17) is 0 Å². The number of carbonyl (C=O) groups is 1. The van der Waals surface area contributed by atoms with Crippen LogP contribution in [0.4, 0.5) is 10.5 Å². The van der Waals surface area contributed by atoms with E-state index in [2.05, 4.69) is 41.5 Å². The Kier molecular flexibility index (Phi) is 6.07. The first-order valence-electron chi connectivity index (χ1n) is 8.06. The quantitative estimate of drug-likeness (QED) is 0.753. The van der Waals surface area contributed by atoms with Crippen LogP contribution in [0, 0.1) is 5.92 Å². The van der Waals surface area contributed by atoms with Gasteiger partial charge in [-0.1, -0.05) is 32.0 Å². The first kappa shape index (κ1) is 16.6. The number of anilines is 1.